The monoisotopic (exact) mass is 300 g/mol. The topological polar surface area (TPSA) is 20.9 Å². The van der Waals surface area contributed by atoms with Gasteiger partial charge in [0, 0.05) is 17.7 Å². The summed E-state index contributed by atoms with van der Waals surface area (Å²) in [6.07, 6.45) is 4.83. The minimum Gasteiger partial charge on any atom is -0.287 e. The summed E-state index contributed by atoms with van der Waals surface area (Å²) in [6.45, 7) is 2.43. The molecule has 2 aromatic carbocycles. The van der Waals surface area contributed by atoms with Gasteiger partial charge < -0.3 is 0 Å². The van der Waals surface area contributed by atoms with Crippen LogP contribution in [0.25, 0.3) is 11.1 Å². The zero-order valence-electron chi connectivity index (χ0n) is 13.1. The van der Waals surface area contributed by atoms with Crippen molar-refractivity contribution in [2.24, 2.45) is 0 Å². The zero-order valence-corrected chi connectivity index (χ0v) is 13.1. The number of hydrogen-bond donors (Lipinski definition) is 0. The first kappa shape index (κ1) is 13.9. The smallest absolute Gasteiger partial charge is 0.227 e. The molecule has 0 N–H and O–H groups in total. The third-order valence-corrected chi connectivity index (χ3v) is 4.50. The predicted molar refractivity (Wildman–Crippen MR) is 90.4 cm³/mol. The van der Waals surface area contributed by atoms with Gasteiger partial charge >= 0.3 is 0 Å². The van der Waals surface area contributed by atoms with E-state index < -0.39 is 0 Å². The summed E-state index contributed by atoms with van der Waals surface area (Å²) in [4.78, 5) is 12.6. The summed E-state index contributed by atoms with van der Waals surface area (Å²) in [5.41, 5.74) is 7.16. The molecule has 112 valence electrons. The Labute approximate surface area is 136 Å². The largest absolute Gasteiger partial charge is 0.287 e. The molecule has 0 aliphatic heterocycles. The fourth-order valence-electron chi connectivity index (χ4n) is 3.21. The van der Waals surface area contributed by atoms with Gasteiger partial charge in [-0.05, 0) is 47.2 Å². The predicted octanol–water partition coefficient (Wildman–Crippen LogP) is 3.74. The Balaban J connectivity index is 1.60. The Kier molecular flexibility index (Phi) is 3.30. The van der Waals surface area contributed by atoms with Crippen molar-refractivity contribution >= 4 is 5.78 Å². The van der Waals surface area contributed by atoms with Gasteiger partial charge in [-0.15, -0.1) is 0 Å². The average Bonchev–Trinajstić information content (AvgIpc) is 2.94. The first-order chi connectivity index (χ1) is 11.2. The van der Waals surface area contributed by atoms with Gasteiger partial charge in [0.05, 0.1) is 0 Å². The van der Waals surface area contributed by atoms with Crippen LogP contribution in [0, 0.1) is 6.92 Å². The van der Waals surface area contributed by atoms with E-state index in [2.05, 4.69) is 36.4 Å². The Morgan fingerprint density at radius 2 is 1.70 bits per heavy atom. The lowest BCUT2D eigenvalue weighted by Crippen LogP contribution is -2.37. The number of Topliss-reactive ketones (excluding diaryl/α,β-unsaturated/α-hetero) is 1. The van der Waals surface area contributed by atoms with Crippen molar-refractivity contribution in [2.75, 3.05) is 0 Å². The second-order valence-electron chi connectivity index (χ2n) is 6.18. The second-order valence-corrected chi connectivity index (χ2v) is 6.18. The molecule has 0 spiro atoms. The zero-order chi connectivity index (χ0) is 15.8. The number of hydrogen-bond acceptors (Lipinski definition) is 1. The van der Waals surface area contributed by atoms with Crippen molar-refractivity contribution in [3.63, 3.8) is 0 Å². The number of pyridine rings is 1. The van der Waals surface area contributed by atoms with Gasteiger partial charge in [0.25, 0.3) is 0 Å². The van der Waals surface area contributed by atoms with E-state index in [1.807, 2.05) is 42.1 Å². The van der Waals surface area contributed by atoms with Crippen LogP contribution in [0.3, 0.4) is 0 Å². The fourth-order valence-corrected chi connectivity index (χ4v) is 3.21. The van der Waals surface area contributed by atoms with E-state index in [1.54, 1.807) is 0 Å². The summed E-state index contributed by atoms with van der Waals surface area (Å²) in [6, 6.07) is 18.6. The van der Waals surface area contributed by atoms with Gasteiger partial charge in [0.15, 0.2) is 12.4 Å². The summed E-state index contributed by atoms with van der Waals surface area (Å²) >= 11 is 0. The molecule has 3 aromatic rings. The molecule has 2 heteroatoms. The standard InChI is InChI=1S/C21H18NO/c1-15-8-10-22(11-9-15)14-21(23)17-6-7-20-18(13-17)12-16-4-2-3-5-19(16)20/h2-11,13H,12,14H2,1H3/q+1. The molecule has 0 unspecified atom stereocenters. The third-order valence-electron chi connectivity index (χ3n) is 4.50. The minimum atomic E-state index is 0.151. The van der Waals surface area contributed by atoms with Crippen LogP contribution in [-0.2, 0) is 13.0 Å². The van der Waals surface area contributed by atoms with E-state index in [4.69, 9.17) is 0 Å². The normalized spacial score (nSPS) is 11.9. The first-order valence-corrected chi connectivity index (χ1v) is 7.91. The lowest BCUT2D eigenvalue weighted by Gasteiger charge is -2.04. The Hall–Kier alpha value is -2.74. The van der Waals surface area contributed by atoms with Gasteiger partial charge in [0.1, 0.15) is 0 Å². The molecular formula is C21H18NO+. The van der Waals surface area contributed by atoms with Crippen LogP contribution in [0.15, 0.2) is 67.0 Å². The number of ketones is 1. The maximum Gasteiger partial charge on any atom is 0.227 e. The number of aryl methyl sites for hydroxylation is 1. The fraction of sp³-hybridized carbons (Fsp3) is 0.143. The van der Waals surface area contributed by atoms with Crippen molar-refractivity contribution in [3.05, 3.63) is 89.2 Å². The molecule has 1 aliphatic rings. The molecule has 0 saturated carbocycles. The van der Waals surface area contributed by atoms with Crippen LogP contribution >= 0.6 is 0 Å². The molecule has 1 aromatic heterocycles. The van der Waals surface area contributed by atoms with Gasteiger partial charge in [-0.2, -0.15) is 4.57 Å². The van der Waals surface area contributed by atoms with Gasteiger partial charge in [-0.3, -0.25) is 4.79 Å². The van der Waals surface area contributed by atoms with Crippen molar-refractivity contribution < 1.29 is 9.36 Å². The van der Waals surface area contributed by atoms with E-state index in [0.717, 1.165) is 12.0 Å². The Bertz CT molecular complexity index is 894. The quantitative estimate of drug-likeness (QED) is 0.417. The lowest BCUT2D eigenvalue weighted by atomic mass is 10.0. The number of nitrogens with zero attached hydrogens (tertiary/aromatic N) is 1. The molecular weight excluding hydrogens is 282 g/mol. The number of fused-ring (bicyclic) bond motifs is 3. The first-order valence-electron chi connectivity index (χ1n) is 7.91. The van der Waals surface area contributed by atoms with E-state index in [1.165, 1.54) is 27.8 Å². The van der Waals surface area contributed by atoms with Crippen molar-refractivity contribution in [1.29, 1.82) is 0 Å². The van der Waals surface area contributed by atoms with Crippen LogP contribution in [-0.4, -0.2) is 5.78 Å². The molecule has 0 atom stereocenters. The van der Waals surface area contributed by atoms with Crippen LogP contribution in [0.2, 0.25) is 0 Å². The van der Waals surface area contributed by atoms with Crippen molar-refractivity contribution in [2.45, 2.75) is 19.9 Å². The molecule has 2 nitrogen and oxygen atoms in total. The van der Waals surface area contributed by atoms with E-state index in [9.17, 15) is 4.79 Å². The van der Waals surface area contributed by atoms with Crippen LogP contribution in [0.5, 0.6) is 0 Å². The second kappa shape index (κ2) is 5.47. The van der Waals surface area contributed by atoms with E-state index in [0.29, 0.717) is 6.54 Å². The number of aromatic nitrogens is 1. The molecule has 23 heavy (non-hydrogen) atoms. The Morgan fingerprint density at radius 3 is 2.52 bits per heavy atom. The average molecular weight is 300 g/mol. The number of carbonyl (C=O) groups is 1. The van der Waals surface area contributed by atoms with E-state index in [-0.39, 0.29) is 5.78 Å². The Morgan fingerprint density at radius 1 is 0.957 bits per heavy atom. The SMILES string of the molecule is Cc1cc[n+](CC(=O)c2ccc3c(c2)Cc2ccccc2-3)cc1. The van der Waals surface area contributed by atoms with Gasteiger partial charge in [-0.1, -0.05) is 36.4 Å². The molecule has 1 aliphatic carbocycles. The summed E-state index contributed by atoms with van der Waals surface area (Å²) < 4.78 is 1.93. The lowest BCUT2D eigenvalue weighted by molar-refractivity contribution is -0.683. The number of carbonyl (C=O) groups excluding carboxylic acids is 1. The van der Waals surface area contributed by atoms with Crippen LogP contribution in [0.1, 0.15) is 27.0 Å². The molecule has 0 saturated heterocycles. The summed E-state index contributed by atoms with van der Waals surface area (Å²) in [5.74, 6) is 0.151. The van der Waals surface area contributed by atoms with Crippen LogP contribution in [0.4, 0.5) is 0 Å². The highest BCUT2D eigenvalue weighted by Gasteiger charge is 2.20. The summed E-state index contributed by atoms with van der Waals surface area (Å²) in [7, 11) is 0. The molecule has 4 rings (SSSR count). The van der Waals surface area contributed by atoms with Gasteiger partial charge in [0.2, 0.25) is 12.3 Å². The van der Waals surface area contributed by atoms with Crippen LogP contribution < -0.4 is 4.57 Å². The van der Waals surface area contributed by atoms with E-state index >= 15 is 0 Å². The molecule has 0 radical (unpaired) electrons. The maximum atomic E-state index is 12.6. The molecule has 0 amide bonds. The highest BCUT2D eigenvalue weighted by atomic mass is 16.1. The molecule has 0 fully saturated rings. The van der Waals surface area contributed by atoms with Crippen molar-refractivity contribution in [3.8, 4) is 11.1 Å². The maximum absolute atomic E-state index is 12.6. The molecule has 1 heterocycles. The summed E-state index contributed by atoms with van der Waals surface area (Å²) in [5, 5.41) is 0. The van der Waals surface area contributed by atoms with Gasteiger partial charge in [-0.25, -0.2) is 0 Å². The third kappa shape index (κ3) is 2.57. The number of rotatable bonds is 3. The molecule has 0 bridgehead atoms. The highest BCUT2D eigenvalue weighted by molar-refractivity contribution is 5.96. The minimum absolute atomic E-state index is 0.151. The number of benzene rings is 2. The van der Waals surface area contributed by atoms with Crippen molar-refractivity contribution in [1.82, 2.24) is 0 Å². The highest BCUT2D eigenvalue weighted by Crippen LogP contribution is 2.36.